The van der Waals surface area contributed by atoms with Gasteiger partial charge in [-0.2, -0.15) is 5.10 Å². The lowest BCUT2D eigenvalue weighted by Gasteiger charge is -2.29. The molecule has 1 unspecified atom stereocenters. The van der Waals surface area contributed by atoms with Crippen molar-refractivity contribution in [3.63, 3.8) is 0 Å². The lowest BCUT2D eigenvalue weighted by Crippen LogP contribution is -2.35. The predicted octanol–water partition coefficient (Wildman–Crippen LogP) is 4.79. The maximum Gasteiger partial charge on any atom is 0.335 e. The molecule has 0 radical (unpaired) electrons. The van der Waals surface area contributed by atoms with E-state index in [4.69, 9.17) is 4.74 Å². The minimum Gasteiger partial charge on any atom is -0.479 e. The van der Waals surface area contributed by atoms with E-state index in [1.807, 2.05) is 24.5 Å². The second-order valence-corrected chi connectivity index (χ2v) is 10.1. The van der Waals surface area contributed by atoms with E-state index in [9.17, 15) is 19.4 Å². The van der Waals surface area contributed by atoms with Crippen LogP contribution in [0.5, 0.6) is 0 Å². The number of hydrogen-bond acceptors (Lipinski definition) is 4. The highest BCUT2D eigenvalue weighted by molar-refractivity contribution is 6.00. The zero-order valence-electron chi connectivity index (χ0n) is 19.7. The lowest BCUT2D eigenvalue weighted by atomic mass is 9.81. The van der Waals surface area contributed by atoms with Gasteiger partial charge in [0.1, 0.15) is 11.3 Å². The summed E-state index contributed by atoms with van der Waals surface area (Å²) in [5.41, 5.74) is 0.292. The van der Waals surface area contributed by atoms with Crippen LogP contribution in [0.4, 0.5) is 8.78 Å². The van der Waals surface area contributed by atoms with Crippen molar-refractivity contribution in [2.75, 3.05) is 13.7 Å². The first-order chi connectivity index (χ1) is 16.6. The van der Waals surface area contributed by atoms with Crippen molar-refractivity contribution in [1.29, 1.82) is 0 Å². The van der Waals surface area contributed by atoms with E-state index in [0.29, 0.717) is 40.6 Å². The molecule has 2 aromatic carbocycles. The van der Waals surface area contributed by atoms with Crippen LogP contribution in [0, 0.1) is 11.6 Å². The molecule has 35 heavy (non-hydrogen) atoms. The van der Waals surface area contributed by atoms with E-state index >= 15 is 4.39 Å². The maximum atomic E-state index is 16.2. The summed E-state index contributed by atoms with van der Waals surface area (Å²) >= 11 is 0. The van der Waals surface area contributed by atoms with E-state index < -0.39 is 34.5 Å². The molecule has 1 saturated carbocycles. The van der Waals surface area contributed by atoms with Crippen molar-refractivity contribution < 1.29 is 28.5 Å². The number of fused-ring (bicyclic) bond motifs is 2. The van der Waals surface area contributed by atoms with Gasteiger partial charge < -0.3 is 19.5 Å². The first kappa shape index (κ1) is 23.4. The van der Waals surface area contributed by atoms with Crippen LogP contribution in [-0.4, -0.2) is 50.3 Å². The van der Waals surface area contributed by atoms with Gasteiger partial charge in [-0.1, -0.05) is 13.8 Å². The molecule has 0 saturated heterocycles. The van der Waals surface area contributed by atoms with E-state index in [-0.39, 0.29) is 18.4 Å². The molecule has 2 heterocycles. The van der Waals surface area contributed by atoms with Crippen LogP contribution in [0.2, 0.25) is 0 Å². The third-order valence-corrected chi connectivity index (χ3v) is 7.17. The highest BCUT2D eigenvalue weighted by atomic mass is 19.1. The average Bonchev–Trinajstić information content (AvgIpc) is 3.51. The highest BCUT2D eigenvalue weighted by Crippen LogP contribution is 2.50. The minimum absolute atomic E-state index is 0.0403. The van der Waals surface area contributed by atoms with E-state index in [1.54, 1.807) is 19.2 Å². The second-order valence-electron chi connectivity index (χ2n) is 10.1. The fourth-order valence-electron chi connectivity index (χ4n) is 5.65. The standard InChI is InChI=1S/C26H27F2N3O4/c1-25(2,13-35-3)23-19(14-8-9-26(34,11-14)24(32)33)20-18(10-15-12-29-30-22(15)21(20)28)31(23)17-6-4-16(27)5-7-17/h4-7,10,12,14,34H,8-9,11,13H2,1-3H3,(H,29,30)(H,32,33)/t14?,26-/m0/s1. The summed E-state index contributed by atoms with van der Waals surface area (Å²) < 4.78 is 37.4. The monoisotopic (exact) mass is 483 g/mol. The number of methoxy groups -OCH3 is 1. The topological polar surface area (TPSA) is 100 Å². The van der Waals surface area contributed by atoms with Gasteiger partial charge in [0.25, 0.3) is 0 Å². The van der Waals surface area contributed by atoms with E-state index in [2.05, 4.69) is 10.2 Å². The Morgan fingerprint density at radius 1 is 1.31 bits per heavy atom. The fraction of sp³-hybridized carbons (Fsp3) is 0.385. The zero-order valence-corrected chi connectivity index (χ0v) is 19.7. The van der Waals surface area contributed by atoms with Gasteiger partial charge in [-0.05, 0) is 61.1 Å². The smallest absolute Gasteiger partial charge is 0.335 e. The zero-order chi connectivity index (χ0) is 25.1. The molecule has 4 aromatic rings. The highest BCUT2D eigenvalue weighted by Gasteiger charge is 2.47. The van der Waals surface area contributed by atoms with Gasteiger partial charge >= 0.3 is 5.97 Å². The van der Waals surface area contributed by atoms with Crippen LogP contribution in [0.3, 0.4) is 0 Å². The summed E-state index contributed by atoms with van der Waals surface area (Å²) in [7, 11) is 1.58. The molecule has 1 aliphatic carbocycles. The molecule has 2 atom stereocenters. The van der Waals surface area contributed by atoms with Crippen LogP contribution in [0.1, 0.15) is 50.3 Å². The molecular weight excluding hydrogens is 456 g/mol. The molecule has 1 aliphatic rings. The van der Waals surface area contributed by atoms with Crippen LogP contribution in [0.25, 0.3) is 27.5 Å². The van der Waals surface area contributed by atoms with Crippen LogP contribution in [-0.2, 0) is 14.9 Å². The molecule has 9 heteroatoms. The Bertz CT molecular complexity index is 1440. The molecule has 5 rings (SSSR count). The summed E-state index contributed by atoms with van der Waals surface area (Å²) in [5, 5.41) is 28.0. The number of nitrogens with zero attached hydrogens (tertiary/aromatic N) is 2. The van der Waals surface area contributed by atoms with Gasteiger partial charge in [0.15, 0.2) is 11.4 Å². The molecule has 0 spiro atoms. The van der Waals surface area contributed by atoms with Crippen molar-refractivity contribution in [3.05, 3.63) is 59.4 Å². The maximum absolute atomic E-state index is 16.2. The van der Waals surface area contributed by atoms with Gasteiger partial charge in [0.2, 0.25) is 0 Å². The SMILES string of the molecule is COCC(C)(C)c1c(C2CC[C@@](O)(C(=O)O)C2)c2c(F)c3[nH]ncc3cc2n1-c1ccc(F)cc1. The predicted molar refractivity (Wildman–Crippen MR) is 127 cm³/mol. The van der Waals surface area contributed by atoms with Crippen LogP contribution >= 0.6 is 0 Å². The number of ether oxygens (including phenoxy) is 1. The molecule has 0 amide bonds. The summed E-state index contributed by atoms with van der Waals surface area (Å²) in [5.74, 6) is -2.59. The van der Waals surface area contributed by atoms with Gasteiger partial charge in [-0.25, -0.2) is 13.6 Å². The summed E-state index contributed by atoms with van der Waals surface area (Å²) in [4.78, 5) is 11.8. The lowest BCUT2D eigenvalue weighted by molar-refractivity contribution is -0.157. The largest absolute Gasteiger partial charge is 0.479 e. The van der Waals surface area contributed by atoms with Gasteiger partial charge in [-0.15, -0.1) is 0 Å². The number of rotatable bonds is 6. The third kappa shape index (κ3) is 3.61. The number of nitrogens with one attached hydrogen (secondary N) is 1. The van der Waals surface area contributed by atoms with Crippen molar-refractivity contribution in [2.24, 2.45) is 0 Å². The summed E-state index contributed by atoms with van der Waals surface area (Å²) in [6, 6.07) is 7.78. The van der Waals surface area contributed by atoms with Gasteiger partial charge in [-0.3, -0.25) is 5.10 Å². The Kier molecular flexibility index (Phi) is 5.45. The van der Waals surface area contributed by atoms with Crippen molar-refractivity contribution in [2.45, 2.75) is 50.0 Å². The molecule has 0 bridgehead atoms. The van der Waals surface area contributed by atoms with Crippen molar-refractivity contribution >= 4 is 27.8 Å². The molecule has 2 aromatic heterocycles. The number of halogens is 2. The van der Waals surface area contributed by atoms with Crippen LogP contribution in [0.15, 0.2) is 36.5 Å². The Hall–Kier alpha value is -3.30. The van der Waals surface area contributed by atoms with Crippen molar-refractivity contribution in [1.82, 2.24) is 14.8 Å². The first-order valence-electron chi connectivity index (χ1n) is 11.5. The Morgan fingerprint density at radius 2 is 2.03 bits per heavy atom. The number of benzene rings is 2. The quantitative estimate of drug-likeness (QED) is 0.366. The number of carbonyl (C=O) groups is 1. The third-order valence-electron chi connectivity index (χ3n) is 7.17. The molecule has 7 nitrogen and oxygen atoms in total. The van der Waals surface area contributed by atoms with E-state index in [0.717, 1.165) is 5.69 Å². The number of hydrogen-bond donors (Lipinski definition) is 3. The number of aliphatic hydroxyl groups is 1. The number of aliphatic carboxylic acids is 1. The Morgan fingerprint density at radius 3 is 2.66 bits per heavy atom. The Balaban J connectivity index is 1.91. The molecule has 0 aliphatic heterocycles. The van der Waals surface area contributed by atoms with E-state index in [1.165, 1.54) is 18.3 Å². The minimum atomic E-state index is -1.88. The molecule has 184 valence electrons. The first-order valence-corrected chi connectivity index (χ1v) is 11.5. The van der Waals surface area contributed by atoms with Gasteiger partial charge in [0.05, 0.1) is 18.3 Å². The number of aromatic nitrogens is 3. The summed E-state index contributed by atoms with van der Waals surface area (Å²) in [6.45, 7) is 4.24. The van der Waals surface area contributed by atoms with Crippen LogP contribution < -0.4 is 0 Å². The molecular formula is C26H27F2N3O4. The Labute approximate surface area is 200 Å². The molecule has 3 N–H and O–H groups in total. The normalized spacial score (nSPS) is 20.8. The van der Waals surface area contributed by atoms with Gasteiger partial charge in [0, 0.05) is 34.7 Å². The average molecular weight is 484 g/mol. The summed E-state index contributed by atoms with van der Waals surface area (Å²) in [6.07, 6.45) is 1.94. The number of aromatic amines is 1. The second kappa shape index (κ2) is 8.13. The molecule has 1 fully saturated rings. The fourth-order valence-corrected chi connectivity index (χ4v) is 5.65. The number of H-pyrrole nitrogens is 1. The number of carboxylic acids is 1. The number of carboxylic acid groups (broad SMARTS) is 1. The van der Waals surface area contributed by atoms with Crippen molar-refractivity contribution in [3.8, 4) is 5.69 Å².